The van der Waals surface area contributed by atoms with E-state index in [1.165, 1.54) is 31.2 Å². The molecule has 0 aromatic heterocycles. The van der Waals surface area contributed by atoms with Crippen LogP contribution in [-0.4, -0.2) is 13.0 Å². The maximum atomic E-state index is 12.3. The van der Waals surface area contributed by atoms with Crippen LogP contribution in [0.15, 0.2) is 24.3 Å². The first kappa shape index (κ1) is 9.88. The molecule has 1 fully saturated rings. The van der Waals surface area contributed by atoms with Gasteiger partial charge >= 0.3 is 0 Å². The van der Waals surface area contributed by atoms with Crippen molar-refractivity contribution in [2.45, 2.75) is 31.6 Å². The third-order valence-electron chi connectivity index (χ3n) is 4.10. The maximum absolute atomic E-state index is 12.3. The average Bonchev–Trinajstić information content (AvgIpc) is 2.89. The zero-order valence-electron chi connectivity index (χ0n) is 9.65. The van der Waals surface area contributed by atoms with Gasteiger partial charge < -0.3 is 4.90 Å². The molecule has 1 atom stereocenters. The molecule has 1 saturated carbocycles. The first-order valence-corrected chi connectivity index (χ1v) is 6.15. The fraction of sp³-hybridized carbons (Fsp3) is 0.500. The van der Waals surface area contributed by atoms with Crippen LogP contribution in [0.3, 0.4) is 0 Å². The number of hydrogen-bond donors (Lipinski definition) is 0. The smallest absolute Gasteiger partial charge is 0.234 e. The zero-order valence-corrected chi connectivity index (χ0v) is 9.65. The fourth-order valence-electron chi connectivity index (χ4n) is 3.26. The van der Waals surface area contributed by atoms with Crippen LogP contribution in [0.2, 0.25) is 0 Å². The van der Waals surface area contributed by atoms with Gasteiger partial charge in [-0.2, -0.15) is 0 Å². The number of carbonyl (C=O) groups excluding carboxylic acids is 1. The lowest BCUT2D eigenvalue weighted by Gasteiger charge is -2.17. The first-order chi connectivity index (χ1) is 7.79. The summed E-state index contributed by atoms with van der Waals surface area (Å²) in [5.74, 6) is 1.02. The number of benzene rings is 1. The molecule has 2 heteroatoms. The van der Waals surface area contributed by atoms with Crippen molar-refractivity contribution in [1.82, 2.24) is 0 Å². The molecule has 1 unspecified atom stereocenters. The molecule has 2 nitrogen and oxygen atoms in total. The SMILES string of the molecule is CN1C(=O)C(C2CCCC2)c2ccccc21. The molecule has 1 heterocycles. The number of likely N-dealkylation sites (N-methyl/N-ethyl adjacent to an activating group) is 1. The van der Waals surface area contributed by atoms with Crippen molar-refractivity contribution in [1.29, 1.82) is 0 Å². The summed E-state index contributed by atoms with van der Waals surface area (Å²) in [6, 6.07) is 8.24. The molecule has 1 aromatic carbocycles. The largest absolute Gasteiger partial charge is 0.315 e. The lowest BCUT2D eigenvalue weighted by Crippen LogP contribution is -2.27. The first-order valence-electron chi connectivity index (χ1n) is 6.15. The van der Waals surface area contributed by atoms with Crippen LogP contribution in [-0.2, 0) is 4.79 Å². The molecule has 84 valence electrons. The van der Waals surface area contributed by atoms with Crippen LogP contribution in [0.4, 0.5) is 5.69 Å². The number of hydrogen-bond acceptors (Lipinski definition) is 1. The van der Waals surface area contributed by atoms with Crippen LogP contribution in [0.5, 0.6) is 0 Å². The quantitative estimate of drug-likeness (QED) is 0.705. The second-order valence-corrected chi connectivity index (χ2v) is 4.98. The molecule has 1 amide bonds. The number of carbonyl (C=O) groups is 1. The van der Waals surface area contributed by atoms with E-state index in [1.807, 2.05) is 24.1 Å². The number of rotatable bonds is 1. The summed E-state index contributed by atoms with van der Waals surface area (Å²) in [5.41, 5.74) is 2.37. The third-order valence-corrected chi connectivity index (χ3v) is 4.10. The van der Waals surface area contributed by atoms with Gasteiger partial charge in [-0.25, -0.2) is 0 Å². The molecule has 0 spiro atoms. The number of para-hydroxylation sites is 1. The van der Waals surface area contributed by atoms with E-state index in [2.05, 4.69) is 12.1 Å². The molecule has 0 saturated heterocycles. The second-order valence-electron chi connectivity index (χ2n) is 4.98. The van der Waals surface area contributed by atoms with E-state index >= 15 is 0 Å². The van der Waals surface area contributed by atoms with Gasteiger partial charge in [-0.05, 0) is 30.4 Å². The van der Waals surface area contributed by atoms with Gasteiger partial charge in [0.1, 0.15) is 0 Å². The lowest BCUT2D eigenvalue weighted by molar-refractivity contribution is -0.120. The minimum absolute atomic E-state index is 0.142. The Kier molecular flexibility index (Phi) is 2.23. The molecule has 0 bridgehead atoms. The Balaban J connectivity index is 2.02. The summed E-state index contributed by atoms with van der Waals surface area (Å²) in [4.78, 5) is 14.1. The molecular weight excluding hydrogens is 198 g/mol. The van der Waals surface area contributed by atoms with E-state index in [-0.39, 0.29) is 5.92 Å². The summed E-state index contributed by atoms with van der Waals surface area (Å²) in [6.07, 6.45) is 5.03. The highest BCUT2D eigenvalue weighted by atomic mass is 16.2. The van der Waals surface area contributed by atoms with Crippen molar-refractivity contribution < 1.29 is 4.79 Å². The van der Waals surface area contributed by atoms with Crippen molar-refractivity contribution >= 4 is 11.6 Å². The Bertz CT molecular complexity index is 420. The summed E-state index contributed by atoms with van der Waals surface area (Å²) >= 11 is 0. The van der Waals surface area contributed by atoms with Crippen LogP contribution < -0.4 is 4.90 Å². The van der Waals surface area contributed by atoms with E-state index < -0.39 is 0 Å². The van der Waals surface area contributed by atoms with E-state index in [0.29, 0.717) is 11.8 Å². The van der Waals surface area contributed by atoms with Gasteiger partial charge in [-0.1, -0.05) is 31.0 Å². The highest BCUT2D eigenvalue weighted by Crippen LogP contribution is 2.45. The molecule has 1 aliphatic heterocycles. The van der Waals surface area contributed by atoms with Gasteiger partial charge in [0.25, 0.3) is 0 Å². The minimum Gasteiger partial charge on any atom is -0.315 e. The molecule has 3 rings (SSSR count). The predicted molar refractivity (Wildman–Crippen MR) is 64.6 cm³/mol. The lowest BCUT2D eigenvalue weighted by atomic mass is 9.86. The fourth-order valence-corrected chi connectivity index (χ4v) is 3.26. The molecule has 1 aromatic rings. The van der Waals surface area contributed by atoms with Gasteiger partial charge in [0.2, 0.25) is 5.91 Å². The van der Waals surface area contributed by atoms with Crippen LogP contribution in [0.25, 0.3) is 0 Å². The molecule has 0 radical (unpaired) electrons. The van der Waals surface area contributed by atoms with Crippen LogP contribution in [0.1, 0.15) is 37.2 Å². The summed E-state index contributed by atoms with van der Waals surface area (Å²) in [5, 5.41) is 0. The average molecular weight is 215 g/mol. The highest BCUT2D eigenvalue weighted by Gasteiger charge is 2.40. The van der Waals surface area contributed by atoms with E-state index in [4.69, 9.17) is 0 Å². The second kappa shape index (κ2) is 3.62. The van der Waals surface area contributed by atoms with Crippen molar-refractivity contribution in [2.24, 2.45) is 5.92 Å². The topological polar surface area (TPSA) is 20.3 Å². The predicted octanol–water partition coefficient (Wildman–Crippen LogP) is 2.94. The monoisotopic (exact) mass is 215 g/mol. The number of fused-ring (bicyclic) bond motifs is 1. The van der Waals surface area contributed by atoms with Crippen molar-refractivity contribution in [3.63, 3.8) is 0 Å². The van der Waals surface area contributed by atoms with Gasteiger partial charge in [0.15, 0.2) is 0 Å². The Morgan fingerprint density at radius 1 is 1.19 bits per heavy atom. The number of amides is 1. The van der Waals surface area contributed by atoms with Crippen molar-refractivity contribution in [3.05, 3.63) is 29.8 Å². The van der Waals surface area contributed by atoms with Gasteiger partial charge in [-0.15, -0.1) is 0 Å². The summed E-state index contributed by atoms with van der Waals surface area (Å²) < 4.78 is 0. The standard InChI is InChI=1S/C14H17NO/c1-15-12-9-5-4-8-11(12)13(14(15)16)10-6-2-3-7-10/h4-5,8-10,13H,2-3,6-7H2,1H3. The molecule has 16 heavy (non-hydrogen) atoms. The minimum atomic E-state index is 0.142. The van der Waals surface area contributed by atoms with Crippen LogP contribution in [0, 0.1) is 5.92 Å². The summed E-state index contributed by atoms with van der Waals surface area (Å²) in [6.45, 7) is 0. The van der Waals surface area contributed by atoms with Crippen molar-refractivity contribution in [3.8, 4) is 0 Å². The van der Waals surface area contributed by atoms with Gasteiger partial charge in [0.05, 0.1) is 5.92 Å². The van der Waals surface area contributed by atoms with Gasteiger partial charge in [-0.3, -0.25) is 4.79 Å². The Morgan fingerprint density at radius 3 is 2.62 bits per heavy atom. The Labute approximate surface area is 96.3 Å². The normalized spacial score (nSPS) is 25.2. The third kappa shape index (κ3) is 1.29. The van der Waals surface area contributed by atoms with Crippen LogP contribution >= 0.6 is 0 Å². The van der Waals surface area contributed by atoms with Crippen molar-refractivity contribution in [2.75, 3.05) is 11.9 Å². The van der Waals surface area contributed by atoms with Gasteiger partial charge in [0, 0.05) is 12.7 Å². The van der Waals surface area contributed by atoms with E-state index in [0.717, 1.165) is 5.69 Å². The summed E-state index contributed by atoms with van der Waals surface area (Å²) in [7, 11) is 1.90. The number of nitrogens with zero attached hydrogens (tertiary/aromatic N) is 1. The highest BCUT2D eigenvalue weighted by molar-refractivity contribution is 6.04. The molecular formula is C14H17NO. The zero-order chi connectivity index (χ0) is 11.1. The van der Waals surface area contributed by atoms with E-state index in [9.17, 15) is 4.79 Å². The molecule has 0 N–H and O–H groups in total. The molecule has 1 aliphatic carbocycles. The Morgan fingerprint density at radius 2 is 1.88 bits per heavy atom. The Hall–Kier alpha value is -1.31. The number of anilines is 1. The van der Waals surface area contributed by atoms with E-state index in [1.54, 1.807) is 0 Å². The molecule has 2 aliphatic rings. The maximum Gasteiger partial charge on any atom is 0.234 e.